The lowest BCUT2D eigenvalue weighted by Crippen LogP contribution is -2.40. The number of hydrogen-bond acceptors (Lipinski definition) is 3. The van der Waals surface area contributed by atoms with Crippen molar-refractivity contribution in [3.8, 4) is 0 Å². The zero-order valence-corrected chi connectivity index (χ0v) is 12.9. The van der Waals surface area contributed by atoms with E-state index in [2.05, 4.69) is 31.4 Å². The molecule has 0 amide bonds. The van der Waals surface area contributed by atoms with E-state index in [1.165, 1.54) is 32.1 Å². The summed E-state index contributed by atoms with van der Waals surface area (Å²) in [5.41, 5.74) is 0.510. The smallest absolute Gasteiger partial charge is 0.0716 e. The number of nitrogens with one attached hydrogen (secondary N) is 2. The minimum Gasteiger partial charge on any atom is -0.391 e. The molecule has 1 aliphatic heterocycles. The monoisotopic (exact) mass is 268 g/mol. The summed E-state index contributed by atoms with van der Waals surface area (Å²) in [5.74, 6) is 1.30. The van der Waals surface area contributed by atoms with Crippen molar-refractivity contribution in [3.63, 3.8) is 0 Å². The van der Waals surface area contributed by atoms with E-state index >= 15 is 0 Å². The molecule has 1 saturated carbocycles. The third kappa shape index (κ3) is 3.93. The van der Waals surface area contributed by atoms with E-state index in [-0.39, 0.29) is 6.10 Å². The van der Waals surface area contributed by atoms with Gasteiger partial charge in [-0.2, -0.15) is 0 Å². The summed E-state index contributed by atoms with van der Waals surface area (Å²) in [7, 11) is 0. The van der Waals surface area contributed by atoms with Crippen LogP contribution < -0.4 is 10.6 Å². The molecule has 3 heteroatoms. The maximum absolute atomic E-state index is 9.80. The Morgan fingerprint density at radius 1 is 1.16 bits per heavy atom. The highest BCUT2D eigenvalue weighted by Crippen LogP contribution is 2.40. The van der Waals surface area contributed by atoms with Crippen molar-refractivity contribution in [2.75, 3.05) is 19.6 Å². The first-order valence-electron chi connectivity index (χ1n) is 8.15. The molecule has 2 unspecified atom stereocenters. The first kappa shape index (κ1) is 15.3. The molecule has 0 aromatic rings. The molecule has 3 N–H and O–H groups in total. The Labute approximate surface area is 118 Å². The molecule has 3 nitrogen and oxygen atoms in total. The molecular weight excluding hydrogens is 236 g/mol. The lowest BCUT2D eigenvalue weighted by atomic mass is 9.69. The van der Waals surface area contributed by atoms with Crippen molar-refractivity contribution in [2.24, 2.45) is 17.3 Å². The van der Waals surface area contributed by atoms with Crippen molar-refractivity contribution in [2.45, 2.75) is 65.0 Å². The van der Waals surface area contributed by atoms with Crippen molar-refractivity contribution in [3.05, 3.63) is 0 Å². The lowest BCUT2D eigenvalue weighted by Gasteiger charge is -2.39. The second-order valence-electron chi connectivity index (χ2n) is 7.28. The van der Waals surface area contributed by atoms with Crippen molar-refractivity contribution in [1.82, 2.24) is 10.6 Å². The van der Waals surface area contributed by atoms with Crippen LogP contribution in [0.2, 0.25) is 0 Å². The topological polar surface area (TPSA) is 44.3 Å². The summed E-state index contributed by atoms with van der Waals surface area (Å²) in [6.07, 6.45) is 6.49. The van der Waals surface area contributed by atoms with Gasteiger partial charge < -0.3 is 15.7 Å². The van der Waals surface area contributed by atoms with E-state index in [4.69, 9.17) is 0 Å². The second-order valence-corrected chi connectivity index (χ2v) is 7.28. The van der Waals surface area contributed by atoms with Crippen LogP contribution in [0, 0.1) is 17.3 Å². The molecule has 0 aromatic heterocycles. The van der Waals surface area contributed by atoms with Gasteiger partial charge in [0, 0.05) is 31.6 Å². The van der Waals surface area contributed by atoms with Crippen molar-refractivity contribution < 1.29 is 5.11 Å². The Bertz CT molecular complexity index is 272. The van der Waals surface area contributed by atoms with Crippen molar-refractivity contribution in [1.29, 1.82) is 0 Å². The Morgan fingerprint density at radius 2 is 1.84 bits per heavy atom. The van der Waals surface area contributed by atoms with Gasteiger partial charge in [0.2, 0.25) is 0 Å². The molecule has 2 aliphatic rings. The van der Waals surface area contributed by atoms with Crippen molar-refractivity contribution >= 4 is 0 Å². The van der Waals surface area contributed by atoms with Gasteiger partial charge >= 0.3 is 0 Å². The van der Waals surface area contributed by atoms with Gasteiger partial charge in [0.25, 0.3) is 0 Å². The van der Waals surface area contributed by atoms with Gasteiger partial charge in [0.15, 0.2) is 0 Å². The fourth-order valence-electron chi connectivity index (χ4n) is 3.61. The molecule has 0 spiro atoms. The fourth-order valence-corrected chi connectivity index (χ4v) is 3.61. The summed E-state index contributed by atoms with van der Waals surface area (Å²) in [4.78, 5) is 0. The molecule has 1 aliphatic carbocycles. The maximum atomic E-state index is 9.80. The Hall–Kier alpha value is -0.120. The number of β-amino-alcohol motifs (C(OH)–C–C–N with tert-alkyl or cyclic N) is 1. The molecule has 1 saturated heterocycles. The molecule has 2 rings (SSSR count). The van der Waals surface area contributed by atoms with Gasteiger partial charge in [-0.1, -0.05) is 27.2 Å². The predicted molar refractivity (Wildman–Crippen MR) is 80.2 cm³/mol. The van der Waals surface area contributed by atoms with Crippen LogP contribution in [0.1, 0.15) is 52.9 Å². The van der Waals surface area contributed by atoms with Crippen LogP contribution in [0.15, 0.2) is 0 Å². The highest BCUT2D eigenvalue weighted by Gasteiger charge is 2.32. The van der Waals surface area contributed by atoms with Gasteiger partial charge in [-0.3, -0.25) is 0 Å². The molecule has 112 valence electrons. The summed E-state index contributed by atoms with van der Waals surface area (Å²) in [5, 5.41) is 16.7. The quantitative estimate of drug-likeness (QED) is 0.716. The minimum atomic E-state index is -0.150. The zero-order valence-electron chi connectivity index (χ0n) is 12.9. The average Bonchev–Trinajstić information content (AvgIpc) is 2.82. The molecule has 0 aromatic carbocycles. The van der Waals surface area contributed by atoms with E-state index in [0.29, 0.717) is 17.4 Å². The third-order valence-electron chi connectivity index (χ3n) is 5.72. The summed E-state index contributed by atoms with van der Waals surface area (Å²) < 4.78 is 0. The van der Waals surface area contributed by atoms with E-state index in [9.17, 15) is 5.11 Å². The number of hydrogen-bond donors (Lipinski definition) is 3. The number of rotatable bonds is 5. The SMILES string of the molecule is CCC(C)(C)C1CCC(NCC2CNCC2O)CC1. The highest BCUT2D eigenvalue weighted by atomic mass is 16.3. The highest BCUT2D eigenvalue weighted by molar-refractivity contribution is 4.87. The number of aliphatic hydroxyl groups excluding tert-OH is 1. The van der Waals surface area contributed by atoms with E-state index in [0.717, 1.165) is 25.6 Å². The molecule has 1 heterocycles. The van der Waals surface area contributed by atoms with E-state index < -0.39 is 0 Å². The second kappa shape index (κ2) is 6.55. The predicted octanol–water partition coefficient (Wildman–Crippen LogP) is 2.15. The first-order valence-corrected chi connectivity index (χ1v) is 8.15. The molecule has 0 radical (unpaired) electrons. The van der Waals surface area contributed by atoms with Crippen LogP contribution >= 0.6 is 0 Å². The fraction of sp³-hybridized carbons (Fsp3) is 1.00. The van der Waals surface area contributed by atoms with E-state index in [1.807, 2.05) is 0 Å². The summed E-state index contributed by atoms with van der Waals surface area (Å²) >= 11 is 0. The molecule has 0 bridgehead atoms. The van der Waals surface area contributed by atoms with E-state index in [1.54, 1.807) is 0 Å². The molecule has 19 heavy (non-hydrogen) atoms. The Balaban J connectivity index is 1.69. The molecular formula is C16H32N2O. The van der Waals surface area contributed by atoms with Crippen LogP contribution in [-0.4, -0.2) is 36.9 Å². The van der Waals surface area contributed by atoms with Gasteiger partial charge in [-0.05, 0) is 37.0 Å². The van der Waals surface area contributed by atoms with Crippen LogP contribution in [0.3, 0.4) is 0 Å². The maximum Gasteiger partial charge on any atom is 0.0716 e. The zero-order chi connectivity index (χ0) is 13.9. The van der Waals surface area contributed by atoms with Gasteiger partial charge in [-0.25, -0.2) is 0 Å². The van der Waals surface area contributed by atoms with Crippen LogP contribution in [0.4, 0.5) is 0 Å². The van der Waals surface area contributed by atoms with Gasteiger partial charge in [0.05, 0.1) is 6.10 Å². The lowest BCUT2D eigenvalue weighted by molar-refractivity contribution is 0.124. The Morgan fingerprint density at radius 3 is 2.37 bits per heavy atom. The normalized spacial score (nSPS) is 36.6. The standard InChI is InChI=1S/C16H32N2O/c1-4-16(2,3)13-5-7-14(8-6-13)18-10-12-9-17-11-15(12)19/h12-15,17-19H,4-11H2,1-3H3. The van der Waals surface area contributed by atoms with Crippen LogP contribution in [0.25, 0.3) is 0 Å². The molecule has 2 fully saturated rings. The summed E-state index contributed by atoms with van der Waals surface area (Å²) in [6, 6.07) is 0.678. The summed E-state index contributed by atoms with van der Waals surface area (Å²) in [6.45, 7) is 9.87. The first-order chi connectivity index (χ1) is 9.03. The average molecular weight is 268 g/mol. The molecule has 2 atom stereocenters. The van der Waals surface area contributed by atoms with Gasteiger partial charge in [0.1, 0.15) is 0 Å². The number of aliphatic hydroxyl groups is 1. The minimum absolute atomic E-state index is 0.150. The van der Waals surface area contributed by atoms with Crippen LogP contribution in [0.5, 0.6) is 0 Å². The van der Waals surface area contributed by atoms with Gasteiger partial charge in [-0.15, -0.1) is 0 Å². The Kier molecular flexibility index (Phi) is 5.27. The third-order valence-corrected chi connectivity index (χ3v) is 5.72. The largest absolute Gasteiger partial charge is 0.391 e. The van der Waals surface area contributed by atoms with Crippen LogP contribution in [-0.2, 0) is 0 Å².